The first-order chi connectivity index (χ1) is 7.74. The highest BCUT2D eigenvalue weighted by Gasteiger charge is 2.28. The van der Waals surface area contributed by atoms with E-state index in [1.165, 1.54) is 13.5 Å². The Morgan fingerprint density at radius 2 is 2.12 bits per heavy atom. The number of rotatable bonds is 1. The van der Waals surface area contributed by atoms with E-state index < -0.39 is 0 Å². The van der Waals surface area contributed by atoms with E-state index in [9.17, 15) is 4.79 Å². The molecule has 0 aromatic heterocycles. The molecule has 0 bridgehead atoms. The van der Waals surface area contributed by atoms with Crippen LogP contribution in [0.1, 0.15) is 33.2 Å². The van der Waals surface area contributed by atoms with Gasteiger partial charge in [-0.25, -0.2) is 0 Å². The van der Waals surface area contributed by atoms with E-state index in [0.717, 1.165) is 11.3 Å². The van der Waals surface area contributed by atoms with Crippen molar-refractivity contribution >= 4 is 11.7 Å². The topological polar surface area (TPSA) is 38.3 Å². The number of methoxy groups -OCH3 is 1. The highest BCUT2D eigenvalue weighted by molar-refractivity contribution is 5.83. The van der Waals surface area contributed by atoms with Crippen molar-refractivity contribution in [3.8, 4) is 0 Å². The maximum absolute atomic E-state index is 11.3. The molecule has 16 heavy (non-hydrogen) atoms. The first-order valence-corrected chi connectivity index (χ1v) is 5.65. The summed E-state index contributed by atoms with van der Waals surface area (Å²) in [5.74, 6) is -0.307. The summed E-state index contributed by atoms with van der Waals surface area (Å²) in [6.45, 7) is 4.89. The van der Waals surface area contributed by atoms with Crippen molar-refractivity contribution in [2.45, 2.75) is 26.2 Å². The molecular weight excluding hydrogens is 202 g/mol. The van der Waals surface area contributed by atoms with Gasteiger partial charge in [-0.3, -0.25) is 4.79 Å². The fraction of sp³-hybridized carbons (Fsp3) is 0.462. The second-order valence-corrected chi connectivity index (χ2v) is 3.75. The number of benzene rings is 1. The van der Waals surface area contributed by atoms with Gasteiger partial charge in [-0.2, -0.15) is 0 Å². The Hall–Kier alpha value is -1.51. The lowest BCUT2D eigenvalue weighted by Crippen LogP contribution is -2.15. The van der Waals surface area contributed by atoms with Gasteiger partial charge >= 0.3 is 5.97 Å². The molecular formula is C13H21NO2. The van der Waals surface area contributed by atoms with Crippen LogP contribution >= 0.6 is 0 Å². The van der Waals surface area contributed by atoms with Crippen LogP contribution in [0.5, 0.6) is 0 Å². The summed E-state index contributed by atoms with van der Waals surface area (Å²) < 4.78 is 4.71. The Bertz CT molecular complexity index is 355. The third-order valence-electron chi connectivity index (χ3n) is 2.32. The van der Waals surface area contributed by atoms with E-state index in [-0.39, 0.29) is 13.3 Å². The molecule has 0 aliphatic carbocycles. The Balaban J connectivity index is 0.000000583. The number of hydrogen-bond donors (Lipinski definition) is 1. The van der Waals surface area contributed by atoms with Crippen LogP contribution in [-0.2, 0) is 9.53 Å². The van der Waals surface area contributed by atoms with E-state index in [1.54, 1.807) is 0 Å². The highest BCUT2D eigenvalue weighted by atomic mass is 16.5. The molecule has 3 heteroatoms. The van der Waals surface area contributed by atoms with Crippen LogP contribution in [-0.4, -0.2) is 19.6 Å². The van der Waals surface area contributed by atoms with Gasteiger partial charge in [0.15, 0.2) is 0 Å². The summed E-state index contributed by atoms with van der Waals surface area (Å²) in [6.07, 6.45) is 1.25. The van der Waals surface area contributed by atoms with Gasteiger partial charge in [0.05, 0.1) is 7.11 Å². The molecule has 1 aliphatic rings. The second-order valence-electron chi connectivity index (χ2n) is 3.75. The van der Waals surface area contributed by atoms with Crippen LogP contribution in [0.4, 0.5) is 5.69 Å². The molecule has 1 atom stereocenters. The van der Waals surface area contributed by atoms with Crippen molar-refractivity contribution in [3.63, 3.8) is 0 Å². The van der Waals surface area contributed by atoms with Gasteiger partial charge in [0, 0.05) is 13.7 Å². The van der Waals surface area contributed by atoms with Crippen LogP contribution in [0, 0.1) is 0 Å². The quantitative estimate of drug-likeness (QED) is 0.744. The normalized spacial score (nSPS) is 16.6. The first kappa shape index (κ1) is 12.6. The molecule has 90 valence electrons. The number of ether oxygens (including phenoxy) is 1. The van der Waals surface area contributed by atoms with Gasteiger partial charge in [-0.1, -0.05) is 38.5 Å². The van der Waals surface area contributed by atoms with E-state index in [2.05, 4.69) is 19.2 Å². The monoisotopic (exact) mass is 223 g/mol. The molecule has 0 fully saturated rings. The number of nitrogens with one attached hydrogen (secondary N) is 1. The molecule has 0 radical (unpaired) electrons. The van der Waals surface area contributed by atoms with Crippen LogP contribution in [0.2, 0.25) is 0 Å². The van der Waals surface area contributed by atoms with Crippen LogP contribution in [0.15, 0.2) is 24.3 Å². The van der Waals surface area contributed by atoms with Crippen molar-refractivity contribution in [3.05, 3.63) is 29.8 Å². The van der Waals surface area contributed by atoms with Gasteiger partial charge in [0.25, 0.3) is 0 Å². The molecule has 1 aromatic rings. The minimum Gasteiger partial charge on any atom is -0.468 e. The standard InChI is InChI=1S/C10H11NO2.C3H8.H2/c1-13-10(12)8-6-11-9-5-3-2-4-7(8)9;1-3-2;/h2-5,8,11H,6H2,1H3;3H2,1-2H3;1H. The maximum atomic E-state index is 11.3. The third kappa shape index (κ3) is 2.75. The average Bonchev–Trinajstić information content (AvgIpc) is 2.73. The lowest BCUT2D eigenvalue weighted by atomic mass is 10.0. The number of para-hydroxylation sites is 1. The van der Waals surface area contributed by atoms with Gasteiger partial charge in [0.1, 0.15) is 5.92 Å². The van der Waals surface area contributed by atoms with E-state index >= 15 is 0 Å². The molecule has 1 N–H and O–H groups in total. The van der Waals surface area contributed by atoms with Crippen LogP contribution in [0.3, 0.4) is 0 Å². The SMILES string of the molecule is CCC.COC(=O)C1CNc2ccccc21.[HH]. The Morgan fingerprint density at radius 1 is 1.50 bits per heavy atom. The summed E-state index contributed by atoms with van der Waals surface area (Å²) in [5, 5.41) is 3.16. The van der Waals surface area contributed by atoms with Crippen molar-refractivity contribution < 1.29 is 11.0 Å². The zero-order valence-corrected chi connectivity index (χ0v) is 10.1. The maximum Gasteiger partial charge on any atom is 0.315 e. The molecule has 1 aliphatic heterocycles. The number of carbonyl (C=O) groups excluding carboxylic acids is 1. The molecule has 0 spiro atoms. The van der Waals surface area contributed by atoms with Gasteiger partial charge in [-0.15, -0.1) is 0 Å². The molecule has 0 saturated heterocycles. The van der Waals surface area contributed by atoms with Crippen molar-refractivity contribution in [1.29, 1.82) is 0 Å². The fourth-order valence-electron chi connectivity index (χ4n) is 1.64. The molecule has 0 saturated carbocycles. The van der Waals surface area contributed by atoms with E-state index in [0.29, 0.717) is 6.54 Å². The van der Waals surface area contributed by atoms with Gasteiger partial charge < -0.3 is 10.1 Å². The number of fused-ring (bicyclic) bond motifs is 1. The minimum absolute atomic E-state index is 0. The smallest absolute Gasteiger partial charge is 0.315 e. The molecule has 3 nitrogen and oxygen atoms in total. The van der Waals surface area contributed by atoms with Crippen LogP contribution < -0.4 is 5.32 Å². The van der Waals surface area contributed by atoms with Gasteiger partial charge in [-0.05, 0) is 11.6 Å². The minimum atomic E-state index is -0.169. The summed E-state index contributed by atoms with van der Waals surface area (Å²) in [4.78, 5) is 11.3. The zero-order chi connectivity index (χ0) is 12.0. The van der Waals surface area contributed by atoms with E-state index in [4.69, 9.17) is 4.74 Å². The number of esters is 1. The van der Waals surface area contributed by atoms with Crippen LogP contribution in [0.25, 0.3) is 0 Å². The third-order valence-corrected chi connectivity index (χ3v) is 2.32. The van der Waals surface area contributed by atoms with Gasteiger partial charge in [0.2, 0.25) is 0 Å². The van der Waals surface area contributed by atoms with Crippen molar-refractivity contribution in [1.82, 2.24) is 0 Å². The Morgan fingerprint density at radius 3 is 2.75 bits per heavy atom. The van der Waals surface area contributed by atoms with Crippen molar-refractivity contribution in [2.75, 3.05) is 19.0 Å². The Labute approximate surface area is 98.3 Å². The summed E-state index contributed by atoms with van der Waals surface area (Å²) in [6, 6.07) is 7.81. The highest BCUT2D eigenvalue weighted by Crippen LogP contribution is 2.31. The molecule has 0 amide bonds. The number of anilines is 1. The molecule has 1 unspecified atom stereocenters. The molecule has 1 aromatic carbocycles. The lowest BCUT2D eigenvalue weighted by molar-refractivity contribution is -0.141. The predicted molar refractivity (Wildman–Crippen MR) is 67.8 cm³/mol. The fourth-order valence-corrected chi connectivity index (χ4v) is 1.64. The zero-order valence-electron chi connectivity index (χ0n) is 10.1. The van der Waals surface area contributed by atoms with E-state index in [1.807, 2.05) is 24.3 Å². The average molecular weight is 223 g/mol. The lowest BCUT2D eigenvalue weighted by Gasteiger charge is -2.06. The summed E-state index contributed by atoms with van der Waals surface area (Å²) in [7, 11) is 1.42. The Kier molecular flexibility index (Phi) is 4.83. The predicted octanol–water partition coefficient (Wildman–Crippen LogP) is 3.03. The largest absolute Gasteiger partial charge is 0.468 e. The molecule has 1 heterocycles. The summed E-state index contributed by atoms with van der Waals surface area (Å²) in [5.41, 5.74) is 2.08. The summed E-state index contributed by atoms with van der Waals surface area (Å²) >= 11 is 0. The number of carbonyl (C=O) groups is 1. The van der Waals surface area contributed by atoms with Crippen molar-refractivity contribution in [2.24, 2.45) is 0 Å². The second kappa shape index (κ2) is 6.16. The molecule has 2 rings (SSSR count). The number of hydrogen-bond acceptors (Lipinski definition) is 3. The first-order valence-electron chi connectivity index (χ1n) is 5.65.